The lowest BCUT2D eigenvalue weighted by Crippen LogP contribution is -2.15. The summed E-state index contributed by atoms with van der Waals surface area (Å²) < 4.78 is 2.92. The first-order valence-corrected chi connectivity index (χ1v) is 9.99. The van der Waals surface area contributed by atoms with Gasteiger partial charge in [-0.15, -0.1) is 16.8 Å². The number of rotatable bonds is 7. The molecule has 0 aliphatic heterocycles. The maximum absolute atomic E-state index is 12.3. The zero-order valence-corrected chi connectivity index (χ0v) is 17.1. The Kier molecular flexibility index (Phi) is 6.41. The molecule has 1 amide bonds. The number of nitrogens with one attached hydrogen (secondary N) is 1. The lowest BCUT2D eigenvalue weighted by molar-refractivity contribution is -0.113. The number of hydrogen-bond acceptors (Lipinski definition) is 5. The van der Waals surface area contributed by atoms with Crippen molar-refractivity contribution in [1.29, 1.82) is 0 Å². The van der Waals surface area contributed by atoms with Gasteiger partial charge in [-0.1, -0.05) is 33.8 Å². The van der Waals surface area contributed by atoms with Gasteiger partial charge in [0.2, 0.25) is 5.91 Å². The first-order valence-electron chi connectivity index (χ1n) is 8.22. The number of halogens is 1. The molecule has 8 heteroatoms. The first-order chi connectivity index (χ1) is 13.1. The first kappa shape index (κ1) is 19.3. The number of thioether (sulfide) groups is 1. The molecular formula is C19H18BrN5OS. The Balaban J connectivity index is 1.71. The number of allylic oxidation sites excluding steroid dienone is 1. The van der Waals surface area contributed by atoms with Crippen LogP contribution >= 0.6 is 27.7 Å². The molecule has 0 aliphatic rings. The zero-order chi connectivity index (χ0) is 19.2. The fourth-order valence-electron chi connectivity index (χ4n) is 2.49. The van der Waals surface area contributed by atoms with Gasteiger partial charge < -0.3 is 5.32 Å². The highest BCUT2D eigenvalue weighted by Crippen LogP contribution is 2.24. The van der Waals surface area contributed by atoms with E-state index in [-0.39, 0.29) is 11.7 Å². The van der Waals surface area contributed by atoms with Gasteiger partial charge in [-0.25, -0.2) is 0 Å². The van der Waals surface area contributed by atoms with Gasteiger partial charge in [0.25, 0.3) is 0 Å². The van der Waals surface area contributed by atoms with Crippen molar-refractivity contribution in [3.05, 3.63) is 65.4 Å². The van der Waals surface area contributed by atoms with E-state index in [4.69, 9.17) is 0 Å². The van der Waals surface area contributed by atoms with Crippen molar-refractivity contribution < 1.29 is 4.79 Å². The van der Waals surface area contributed by atoms with Gasteiger partial charge >= 0.3 is 0 Å². The molecule has 0 saturated carbocycles. The molecule has 0 atom stereocenters. The highest BCUT2D eigenvalue weighted by atomic mass is 79.9. The molecule has 0 aliphatic carbocycles. The summed E-state index contributed by atoms with van der Waals surface area (Å²) in [5.41, 5.74) is 2.72. The molecule has 138 valence electrons. The fourth-order valence-corrected chi connectivity index (χ4v) is 3.71. The van der Waals surface area contributed by atoms with Crippen molar-refractivity contribution in [2.24, 2.45) is 0 Å². The van der Waals surface area contributed by atoms with Crippen LogP contribution in [-0.4, -0.2) is 31.4 Å². The third-order valence-corrected chi connectivity index (χ3v) is 5.22. The molecule has 2 heterocycles. The SMILES string of the molecule is C=CCn1c(SCC(=O)Nc2ccc(Br)cc2C)nnc1-c1ccncc1. The summed E-state index contributed by atoms with van der Waals surface area (Å²) in [6.07, 6.45) is 5.20. The van der Waals surface area contributed by atoms with E-state index in [0.717, 1.165) is 27.1 Å². The molecule has 3 rings (SSSR count). The lowest BCUT2D eigenvalue weighted by atomic mass is 10.2. The van der Waals surface area contributed by atoms with E-state index in [1.54, 1.807) is 18.5 Å². The van der Waals surface area contributed by atoms with Crippen LogP contribution in [0.2, 0.25) is 0 Å². The molecule has 2 aromatic heterocycles. The third kappa shape index (κ3) is 4.84. The van der Waals surface area contributed by atoms with Crippen LogP contribution in [0.25, 0.3) is 11.4 Å². The van der Waals surface area contributed by atoms with E-state index in [1.165, 1.54) is 11.8 Å². The summed E-state index contributed by atoms with van der Waals surface area (Å²) >= 11 is 4.76. The van der Waals surface area contributed by atoms with Crippen molar-refractivity contribution in [2.45, 2.75) is 18.6 Å². The Hall–Kier alpha value is -2.45. The van der Waals surface area contributed by atoms with Gasteiger partial charge in [0.1, 0.15) is 0 Å². The topological polar surface area (TPSA) is 72.7 Å². The summed E-state index contributed by atoms with van der Waals surface area (Å²) in [6.45, 7) is 6.31. The van der Waals surface area contributed by atoms with Gasteiger partial charge in [-0.2, -0.15) is 0 Å². The second-order valence-electron chi connectivity index (χ2n) is 5.74. The Labute approximate surface area is 170 Å². The quantitative estimate of drug-likeness (QED) is 0.434. The number of carbonyl (C=O) groups excluding carboxylic acids is 1. The van der Waals surface area contributed by atoms with Gasteiger partial charge in [-0.05, 0) is 42.8 Å². The zero-order valence-electron chi connectivity index (χ0n) is 14.7. The van der Waals surface area contributed by atoms with Gasteiger partial charge in [0, 0.05) is 34.7 Å². The average molecular weight is 444 g/mol. The molecule has 3 aromatic rings. The van der Waals surface area contributed by atoms with Crippen molar-refractivity contribution in [2.75, 3.05) is 11.1 Å². The molecule has 0 bridgehead atoms. The number of anilines is 1. The van der Waals surface area contributed by atoms with Crippen LogP contribution in [0.5, 0.6) is 0 Å². The molecule has 1 N–H and O–H groups in total. The molecule has 6 nitrogen and oxygen atoms in total. The maximum Gasteiger partial charge on any atom is 0.234 e. The van der Waals surface area contributed by atoms with E-state index in [2.05, 4.69) is 43.0 Å². The molecule has 0 fully saturated rings. The van der Waals surface area contributed by atoms with Crippen LogP contribution in [0.15, 0.2) is 65.0 Å². The van der Waals surface area contributed by atoms with Crippen LogP contribution in [0.1, 0.15) is 5.56 Å². The number of hydrogen-bond donors (Lipinski definition) is 1. The van der Waals surface area contributed by atoms with Crippen molar-refractivity contribution in [1.82, 2.24) is 19.7 Å². The van der Waals surface area contributed by atoms with Crippen LogP contribution < -0.4 is 5.32 Å². The Morgan fingerprint density at radius 3 is 2.78 bits per heavy atom. The monoisotopic (exact) mass is 443 g/mol. The second kappa shape index (κ2) is 8.96. The standard InChI is InChI=1S/C19H18BrN5OS/c1-3-10-25-18(14-6-8-21-9-7-14)23-24-19(25)27-12-17(26)22-16-5-4-15(20)11-13(16)2/h3-9,11H,1,10,12H2,2H3,(H,22,26). The lowest BCUT2D eigenvalue weighted by Gasteiger charge is -2.09. The minimum atomic E-state index is -0.0935. The van der Waals surface area contributed by atoms with Crippen molar-refractivity contribution in [3.8, 4) is 11.4 Å². The summed E-state index contributed by atoms with van der Waals surface area (Å²) in [6, 6.07) is 9.49. The number of nitrogens with zero attached hydrogens (tertiary/aromatic N) is 4. The van der Waals surface area contributed by atoms with Gasteiger partial charge in [-0.3, -0.25) is 14.3 Å². The minimum Gasteiger partial charge on any atom is -0.325 e. The normalized spacial score (nSPS) is 10.6. The largest absolute Gasteiger partial charge is 0.325 e. The third-order valence-electron chi connectivity index (χ3n) is 3.76. The number of aromatic nitrogens is 4. The Bertz CT molecular complexity index is 958. The number of pyridine rings is 1. The molecule has 27 heavy (non-hydrogen) atoms. The minimum absolute atomic E-state index is 0.0935. The van der Waals surface area contributed by atoms with Crippen LogP contribution in [0.3, 0.4) is 0 Å². The fraction of sp³-hybridized carbons (Fsp3) is 0.158. The Morgan fingerprint density at radius 1 is 1.30 bits per heavy atom. The van der Waals surface area contributed by atoms with Gasteiger partial charge in [0.05, 0.1) is 5.75 Å². The Morgan fingerprint density at radius 2 is 2.07 bits per heavy atom. The number of aryl methyl sites for hydroxylation is 1. The smallest absolute Gasteiger partial charge is 0.234 e. The second-order valence-corrected chi connectivity index (χ2v) is 7.60. The molecule has 0 radical (unpaired) electrons. The molecule has 1 aromatic carbocycles. The predicted octanol–water partition coefficient (Wildman–Crippen LogP) is 4.33. The average Bonchev–Trinajstić information content (AvgIpc) is 3.06. The van der Waals surface area contributed by atoms with E-state index >= 15 is 0 Å². The maximum atomic E-state index is 12.3. The predicted molar refractivity (Wildman–Crippen MR) is 112 cm³/mol. The molecule has 0 saturated heterocycles. The van der Waals surface area contributed by atoms with Gasteiger partial charge in [0.15, 0.2) is 11.0 Å². The van der Waals surface area contributed by atoms with Crippen molar-refractivity contribution >= 4 is 39.3 Å². The number of carbonyl (C=O) groups is 1. The summed E-state index contributed by atoms with van der Waals surface area (Å²) in [7, 11) is 0. The molecule has 0 spiro atoms. The van der Waals surface area contributed by atoms with E-state index in [1.807, 2.05) is 41.8 Å². The van der Waals surface area contributed by atoms with Crippen LogP contribution in [0, 0.1) is 6.92 Å². The molecular weight excluding hydrogens is 426 g/mol. The van der Waals surface area contributed by atoms with Crippen LogP contribution in [-0.2, 0) is 11.3 Å². The van der Waals surface area contributed by atoms with Crippen molar-refractivity contribution in [3.63, 3.8) is 0 Å². The van der Waals surface area contributed by atoms with Crippen LogP contribution in [0.4, 0.5) is 5.69 Å². The number of amides is 1. The number of benzene rings is 1. The summed E-state index contributed by atoms with van der Waals surface area (Å²) in [5, 5.41) is 12.1. The van der Waals surface area contributed by atoms with E-state index in [9.17, 15) is 4.79 Å². The molecule has 0 unspecified atom stereocenters. The highest BCUT2D eigenvalue weighted by molar-refractivity contribution is 9.10. The van der Waals surface area contributed by atoms with E-state index < -0.39 is 0 Å². The summed E-state index contributed by atoms with van der Waals surface area (Å²) in [4.78, 5) is 16.4. The highest BCUT2D eigenvalue weighted by Gasteiger charge is 2.15. The summed E-state index contributed by atoms with van der Waals surface area (Å²) in [5.74, 6) is 0.870. The van der Waals surface area contributed by atoms with E-state index in [0.29, 0.717) is 11.7 Å².